The molecule has 146 valence electrons. The van der Waals surface area contributed by atoms with E-state index < -0.39 is 0 Å². The molecule has 6 nitrogen and oxygen atoms in total. The van der Waals surface area contributed by atoms with E-state index in [9.17, 15) is 0 Å². The molecule has 2 heterocycles. The SMILES string of the molecule is CC1=CC(CNC2CC2)C(C(C)C)CC1Cc1nnc(-c2cncn2C)o1. The van der Waals surface area contributed by atoms with Crippen LogP contribution in [-0.4, -0.2) is 32.3 Å². The Morgan fingerprint density at radius 2 is 2.11 bits per heavy atom. The summed E-state index contributed by atoms with van der Waals surface area (Å²) in [6, 6.07) is 0.771. The first-order valence-corrected chi connectivity index (χ1v) is 10.2. The predicted octanol–water partition coefficient (Wildman–Crippen LogP) is 3.62. The van der Waals surface area contributed by atoms with Gasteiger partial charge in [-0.15, -0.1) is 10.2 Å². The van der Waals surface area contributed by atoms with Gasteiger partial charge in [-0.1, -0.05) is 25.5 Å². The van der Waals surface area contributed by atoms with Gasteiger partial charge in [0.2, 0.25) is 5.89 Å². The van der Waals surface area contributed by atoms with Crippen LogP contribution in [0.5, 0.6) is 0 Å². The van der Waals surface area contributed by atoms with Crippen molar-refractivity contribution in [2.75, 3.05) is 6.54 Å². The van der Waals surface area contributed by atoms with Crippen molar-refractivity contribution in [3.63, 3.8) is 0 Å². The van der Waals surface area contributed by atoms with Crippen LogP contribution in [0.25, 0.3) is 11.6 Å². The highest BCUT2D eigenvalue weighted by molar-refractivity contribution is 5.44. The van der Waals surface area contributed by atoms with E-state index >= 15 is 0 Å². The number of aromatic nitrogens is 4. The molecule has 0 aromatic carbocycles. The largest absolute Gasteiger partial charge is 0.419 e. The predicted molar refractivity (Wildman–Crippen MR) is 105 cm³/mol. The molecule has 27 heavy (non-hydrogen) atoms. The number of imidazole rings is 1. The van der Waals surface area contributed by atoms with Crippen molar-refractivity contribution < 1.29 is 4.42 Å². The fourth-order valence-corrected chi connectivity index (χ4v) is 4.31. The first-order valence-electron chi connectivity index (χ1n) is 10.2. The van der Waals surface area contributed by atoms with Gasteiger partial charge in [-0.25, -0.2) is 4.98 Å². The Morgan fingerprint density at radius 3 is 2.78 bits per heavy atom. The molecule has 1 fully saturated rings. The van der Waals surface area contributed by atoms with E-state index in [2.05, 4.69) is 47.3 Å². The summed E-state index contributed by atoms with van der Waals surface area (Å²) in [6.07, 6.45) is 10.7. The minimum Gasteiger partial charge on any atom is -0.419 e. The van der Waals surface area contributed by atoms with Crippen LogP contribution in [0.1, 0.15) is 45.9 Å². The van der Waals surface area contributed by atoms with Gasteiger partial charge < -0.3 is 14.3 Å². The van der Waals surface area contributed by atoms with Crippen LogP contribution in [0, 0.1) is 23.7 Å². The van der Waals surface area contributed by atoms with Crippen molar-refractivity contribution in [3.05, 3.63) is 30.1 Å². The van der Waals surface area contributed by atoms with Gasteiger partial charge in [0.15, 0.2) is 0 Å². The molecule has 6 heteroatoms. The van der Waals surface area contributed by atoms with Gasteiger partial charge in [0, 0.05) is 26.1 Å². The van der Waals surface area contributed by atoms with Crippen LogP contribution in [0.4, 0.5) is 0 Å². The Morgan fingerprint density at radius 1 is 1.30 bits per heavy atom. The van der Waals surface area contributed by atoms with E-state index in [0.717, 1.165) is 30.6 Å². The van der Waals surface area contributed by atoms with Crippen LogP contribution < -0.4 is 5.32 Å². The Kier molecular flexibility index (Phi) is 5.17. The van der Waals surface area contributed by atoms with Gasteiger partial charge in [-0.3, -0.25) is 0 Å². The Balaban J connectivity index is 1.46. The van der Waals surface area contributed by atoms with Gasteiger partial charge in [0.05, 0.1) is 12.5 Å². The van der Waals surface area contributed by atoms with Gasteiger partial charge >= 0.3 is 0 Å². The number of hydrogen-bond donors (Lipinski definition) is 1. The standard InChI is InChI=1S/C21H31N5O/c1-13(2)18-8-15(14(3)7-16(18)10-23-17-5-6-17)9-20-24-25-21(27-20)19-11-22-12-26(19)4/h7,11-13,15-18,23H,5-6,8-10H2,1-4H3. The summed E-state index contributed by atoms with van der Waals surface area (Å²) in [6.45, 7) is 8.09. The third-order valence-electron chi connectivity index (χ3n) is 6.23. The average molecular weight is 370 g/mol. The summed E-state index contributed by atoms with van der Waals surface area (Å²) in [5.74, 6) is 3.76. The zero-order valence-corrected chi connectivity index (χ0v) is 16.9. The van der Waals surface area contributed by atoms with Crippen molar-refractivity contribution in [1.82, 2.24) is 25.1 Å². The molecule has 1 N–H and O–H groups in total. The second-order valence-electron chi connectivity index (χ2n) is 8.69. The molecule has 2 aliphatic carbocycles. The Labute approximate surface area is 161 Å². The highest BCUT2D eigenvalue weighted by atomic mass is 16.4. The van der Waals surface area contributed by atoms with E-state index in [1.807, 2.05) is 11.6 Å². The second-order valence-corrected chi connectivity index (χ2v) is 8.69. The smallest absolute Gasteiger partial charge is 0.265 e. The van der Waals surface area contributed by atoms with Crippen LogP contribution >= 0.6 is 0 Å². The molecule has 2 aliphatic rings. The third-order valence-corrected chi connectivity index (χ3v) is 6.23. The summed E-state index contributed by atoms with van der Waals surface area (Å²) in [7, 11) is 1.93. The first-order chi connectivity index (χ1) is 13.0. The number of nitrogens with one attached hydrogen (secondary N) is 1. The molecule has 3 unspecified atom stereocenters. The number of allylic oxidation sites excluding steroid dienone is 1. The lowest BCUT2D eigenvalue weighted by atomic mass is 9.70. The molecule has 2 aromatic heterocycles. The Bertz CT molecular complexity index is 801. The molecule has 4 rings (SSSR count). The maximum Gasteiger partial charge on any atom is 0.265 e. The summed E-state index contributed by atoms with van der Waals surface area (Å²) in [5, 5.41) is 12.3. The van der Waals surface area contributed by atoms with Crippen molar-refractivity contribution in [2.24, 2.45) is 30.7 Å². The van der Waals surface area contributed by atoms with Gasteiger partial charge in [-0.2, -0.15) is 0 Å². The lowest BCUT2D eigenvalue weighted by Gasteiger charge is -2.37. The van der Waals surface area contributed by atoms with Crippen molar-refractivity contribution in [3.8, 4) is 11.6 Å². The second kappa shape index (κ2) is 7.58. The Hall–Kier alpha value is -1.95. The van der Waals surface area contributed by atoms with Crippen LogP contribution in [0.2, 0.25) is 0 Å². The van der Waals surface area contributed by atoms with Crippen molar-refractivity contribution in [2.45, 2.75) is 52.5 Å². The maximum absolute atomic E-state index is 5.95. The third kappa shape index (κ3) is 4.15. The molecule has 0 aliphatic heterocycles. The fourth-order valence-electron chi connectivity index (χ4n) is 4.31. The van der Waals surface area contributed by atoms with Crippen molar-refractivity contribution in [1.29, 1.82) is 0 Å². The average Bonchev–Trinajstić information content (AvgIpc) is 3.19. The highest BCUT2D eigenvalue weighted by Gasteiger charge is 2.33. The van der Waals surface area contributed by atoms with Crippen LogP contribution in [0.3, 0.4) is 0 Å². The number of rotatable bonds is 7. The first kappa shape index (κ1) is 18.4. The zero-order chi connectivity index (χ0) is 19.0. The molecular weight excluding hydrogens is 338 g/mol. The number of nitrogens with zero attached hydrogens (tertiary/aromatic N) is 4. The molecule has 2 aromatic rings. The molecule has 0 bridgehead atoms. The van der Waals surface area contributed by atoms with Gasteiger partial charge in [0.25, 0.3) is 5.89 Å². The fraction of sp³-hybridized carbons (Fsp3) is 0.667. The number of aryl methyl sites for hydroxylation is 1. The van der Waals surface area contributed by atoms with E-state index in [0.29, 0.717) is 29.6 Å². The maximum atomic E-state index is 5.95. The molecule has 0 radical (unpaired) electrons. The molecule has 0 amide bonds. The molecule has 0 spiro atoms. The topological polar surface area (TPSA) is 68.8 Å². The van der Waals surface area contributed by atoms with E-state index in [4.69, 9.17) is 4.42 Å². The molecule has 1 saturated carbocycles. The number of hydrogen-bond acceptors (Lipinski definition) is 5. The van der Waals surface area contributed by atoms with Crippen LogP contribution in [0.15, 0.2) is 28.6 Å². The lowest BCUT2D eigenvalue weighted by molar-refractivity contribution is 0.218. The quantitative estimate of drug-likeness (QED) is 0.755. The zero-order valence-electron chi connectivity index (χ0n) is 16.9. The van der Waals surface area contributed by atoms with Gasteiger partial charge in [0.1, 0.15) is 5.69 Å². The molecule has 3 atom stereocenters. The molecule has 0 saturated heterocycles. The summed E-state index contributed by atoms with van der Waals surface area (Å²) < 4.78 is 7.85. The van der Waals surface area contributed by atoms with Crippen molar-refractivity contribution >= 4 is 0 Å². The molecular formula is C21H31N5O. The summed E-state index contributed by atoms with van der Waals surface area (Å²) >= 11 is 0. The minimum atomic E-state index is 0.481. The van der Waals surface area contributed by atoms with E-state index in [-0.39, 0.29) is 0 Å². The van der Waals surface area contributed by atoms with E-state index in [1.165, 1.54) is 24.8 Å². The highest BCUT2D eigenvalue weighted by Crippen LogP contribution is 2.39. The summed E-state index contributed by atoms with van der Waals surface area (Å²) in [5.41, 5.74) is 2.32. The van der Waals surface area contributed by atoms with E-state index in [1.54, 1.807) is 12.5 Å². The normalized spacial score (nSPS) is 25.8. The monoisotopic (exact) mass is 369 g/mol. The summed E-state index contributed by atoms with van der Waals surface area (Å²) in [4.78, 5) is 4.13. The van der Waals surface area contributed by atoms with Gasteiger partial charge in [-0.05, 0) is 49.9 Å². The lowest BCUT2D eigenvalue weighted by Crippen LogP contribution is -2.35. The van der Waals surface area contributed by atoms with Crippen LogP contribution in [-0.2, 0) is 13.5 Å². The minimum absolute atomic E-state index is 0.481.